The lowest BCUT2D eigenvalue weighted by atomic mass is 10.1. The van der Waals surface area contributed by atoms with Gasteiger partial charge in [0.25, 0.3) is 11.8 Å². The molecule has 0 fully saturated rings. The van der Waals surface area contributed by atoms with Crippen molar-refractivity contribution in [1.29, 1.82) is 0 Å². The fourth-order valence-electron chi connectivity index (χ4n) is 2.16. The van der Waals surface area contributed by atoms with Gasteiger partial charge in [-0.1, -0.05) is 6.07 Å². The highest BCUT2D eigenvalue weighted by Crippen LogP contribution is 2.30. The van der Waals surface area contributed by atoms with E-state index in [2.05, 4.69) is 10.6 Å². The molecule has 1 aromatic heterocycles. The Kier molecular flexibility index (Phi) is 3.77. The van der Waals surface area contributed by atoms with Crippen LogP contribution in [0, 0.1) is 0 Å². The topological polar surface area (TPSA) is 80.6 Å². The number of hydrogen-bond acceptors (Lipinski definition) is 4. The fraction of sp³-hybridized carbons (Fsp3) is 0.200. The first-order chi connectivity index (χ1) is 10.5. The van der Waals surface area contributed by atoms with Crippen molar-refractivity contribution in [3.63, 3.8) is 0 Å². The number of halogens is 1. The molecule has 114 valence electrons. The van der Waals surface area contributed by atoms with Crippen molar-refractivity contribution >= 4 is 29.1 Å². The molecule has 2 heterocycles. The van der Waals surface area contributed by atoms with E-state index in [1.54, 1.807) is 12.1 Å². The third kappa shape index (κ3) is 2.92. The number of rotatable bonds is 3. The molecule has 22 heavy (non-hydrogen) atoms. The summed E-state index contributed by atoms with van der Waals surface area (Å²) in [5.41, 5.74) is 1.42. The van der Waals surface area contributed by atoms with Gasteiger partial charge in [-0.2, -0.15) is 0 Å². The average molecular weight is 321 g/mol. The van der Waals surface area contributed by atoms with E-state index < -0.39 is 0 Å². The van der Waals surface area contributed by atoms with Crippen molar-refractivity contribution in [2.24, 2.45) is 0 Å². The standard InChI is InChI=1S/C15H13ClN2O4/c1-8(17-15(20)12-4-5-13(16)22-12)9-2-3-11-10(6-9)18-14(19)7-21-11/h2-6,8H,7H2,1H3,(H,17,20)(H,18,19)/t8-/m0/s1. The van der Waals surface area contributed by atoms with Crippen LogP contribution in [-0.4, -0.2) is 18.4 Å². The minimum atomic E-state index is -0.364. The summed E-state index contributed by atoms with van der Waals surface area (Å²) in [5, 5.41) is 5.69. The maximum absolute atomic E-state index is 12.0. The first-order valence-electron chi connectivity index (χ1n) is 6.66. The van der Waals surface area contributed by atoms with Gasteiger partial charge in [0.15, 0.2) is 17.6 Å². The number of amides is 2. The van der Waals surface area contributed by atoms with Gasteiger partial charge in [0.1, 0.15) is 5.75 Å². The fourth-order valence-corrected chi connectivity index (χ4v) is 2.30. The lowest BCUT2D eigenvalue weighted by Crippen LogP contribution is -2.28. The molecule has 3 rings (SSSR count). The molecule has 1 aliphatic rings. The zero-order valence-electron chi connectivity index (χ0n) is 11.7. The smallest absolute Gasteiger partial charge is 0.287 e. The lowest BCUT2D eigenvalue weighted by molar-refractivity contribution is -0.118. The van der Waals surface area contributed by atoms with Crippen LogP contribution < -0.4 is 15.4 Å². The highest BCUT2D eigenvalue weighted by molar-refractivity contribution is 6.29. The van der Waals surface area contributed by atoms with E-state index in [9.17, 15) is 9.59 Å². The molecule has 0 spiro atoms. The van der Waals surface area contributed by atoms with Gasteiger partial charge in [-0.15, -0.1) is 0 Å². The quantitative estimate of drug-likeness (QED) is 0.911. The van der Waals surface area contributed by atoms with Gasteiger partial charge in [-0.3, -0.25) is 9.59 Å². The predicted octanol–water partition coefficient (Wildman–Crippen LogP) is 2.75. The van der Waals surface area contributed by atoms with Gasteiger partial charge >= 0.3 is 0 Å². The maximum Gasteiger partial charge on any atom is 0.287 e. The zero-order chi connectivity index (χ0) is 15.7. The molecular weight excluding hydrogens is 308 g/mol. The average Bonchev–Trinajstić information content (AvgIpc) is 2.93. The summed E-state index contributed by atoms with van der Waals surface area (Å²) < 4.78 is 10.4. The Morgan fingerprint density at radius 1 is 1.36 bits per heavy atom. The van der Waals surface area contributed by atoms with E-state index in [0.29, 0.717) is 11.4 Å². The number of fused-ring (bicyclic) bond motifs is 1. The van der Waals surface area contributed by atoms with Gasteiger partial charge in [0.2, 0.25) is 0 Å². The Morgan fingerprint density at radius 3 is 2.91 bits per heavy atom. The molecule has 1 atom stereocenters. The second-order valence-corrected chi connectivity index (χ2v) is 5.26. The number of carbonyl (C=O) groups excluding carboxylic acids is 2. The number of ether oxygens (including phenoxy) is 1. The molecule has 1 aromatic carbocycles. The molecule has 0 saturated carbocycles. The van der Waals surface area contributed by atoms with Gasteiger partial charge in [-0.25, -0.2) is 0 Å². The van der Waals surface area contributed by atoms with Crippen LogP contribution in [0.25, 0.3) is 0 Å². The van der Waals surface area contributed by atoms with E-state index in [0.717, 1.165) is 5.56 Å². The first-order valence-corrected chi connectivity index (χ1v) is 7.03. The summed E-state index contributed by atoms with van der Waals surface area (Å²) in [6, 6.07) is 8.10. The van der Waals surface area contributed by atoms with E-state index in [1.165, 1.54) is 12.1 Å². The normalized spacial score (nSPS) is 14.5. The highest BCUT2D eigenvalue weighted by atomic mass is 35.5. The summed E-state index contributed by atoms with van der Waals surface area (Å²) in [6.45, 7) is 1.84. The van der Waals surface area contributed by atoms with E-state index in [4.69, 9.17) is 20.8 Å². The molecule has 0 aliphatic carbocycles. The number of furan rings is 1. The number of carbonyl (C=O) groups is 2. The predicted molar refractivity (Wildman–Crippen MR) is 80.2 cm³/mol. The molecule has 1 aliphatic heterocycles. The van der Waals surface area contributed by atoms with Crippen molar-refractivity contribution in [1.82, 2.24) is 5.32 Å². The second-order valence-electron chi connectivity index (χ2n) is 4.89. The molecule has 0 bridgehead atoms. The van der Waals surface area contributed by atoms with Gasteiger partial charge in [0.05, 0.1) is 11.7 Å². The summed E-state index contributed by atoms with van der Waals surface area (Å²) in [7, 11) is 0. The van der Waals surface area contributed by atoms with Crippen LogP contribution in [0.15, 0.2) is 34.7 Å². The van der Waals surface area contributed by atoms with Gasteiger partial charge in [-0.05, 0) is 48.4 Å². The van der Waals surface area contributed by atoms with Crippen molar-refractivity contribution in [3.8, 4) is 5.75 Å². The van der Waals surface area contributed by atoms with E-state index in [-0.39, 0.29) is 35.4 Å². The van der Waals surface area contributed by atoms with Crippen LogP contribution >= 0.6 is 11.6 Å². The van der Waals surface area contributed by atoms with Crippen LogP contribution in [0.1, 0.15) is 29.1 Å². The lowest BCUT2D eigenvalue weighted by Gasteiger charge is -2.20. The molecule has 2 N–H and O–H groups in total. The van der Waals surface area contributed by atoms with Crippen LogP contribution in [0.5, 0.6) is 5.75 Å². The summed E-state index contributed by atoms with van der Waals surface area (Å²) >= 11 is 5.65. The minimum absolute atomic E-state index is 0.0118. The molecule has 0 radical (unpaired) electrons. The van der Waals surface area contributed by atoms with Crippen LogP contribution in [0.4, 0.5) is 5.69 Å². The third-order valence-electron chi connectivity index (χ3n) is 3.28. The Bertz CT molecular complexity index is 741. The SMILES string of the molecule is C[C@H](NC(=O)c1ccc(Cl)o1)c1ccc2c(c1)NC(=O)CO2. The molecule has 2 aromatic rings. The van der Waals surface area contributed by atoms with Crippen molar-refractivity contribution in [3.05, 3.63) is 46.9 Å². The van der Waals surface area contributed by atoms with Crippen molar-refractivity contribution in [2.75, 3.05) is 11.9 Å². The van der Waals surface area contributed by atoms with Crippen molar-refractivity contribution in [2.45, 2.75) is 13.0 Å². The number of benzene rings is 1. The Balaban J connectivity index is 1.75. The monoisotopic (exact) mass is 320 g/mol. The Morgan fingerprint density at radius 2 is 2.18 bits per heavy atom. The maximum atomic E-state index is 12.0. The summed E-state index contributed by atoms with van der Waals surface area (Å²) in [4.78, 5) is 23.4. The number of nitrogens with one attached hydrogen (secondary N) is 2. The number of anilines is 1. The second kappa shape index (κ2) is 5.73. The molecular formula is C15H13ClN2O4. The van der Waals surface area contributed by atoms with Gasteiger partial charge < -0.3 is 19.8 Å². The summed E-state index contributed by atoms with van der Waals surface area (Å²) in [5.74, 6) is 0.190. The Hall–Kier alpha value is -2.47. The summed E-state index contributed by atoms with van der Waals surface area (Å²) in [6.07, 6.45) is 0. The minimum Gasteiger partial charge on any atom is -0.482 e. The van der Waals surface area contributed by atoms with E-state index in [1.807, 2.05) is 13.0 Å². The molecule has 7 heteroatoms. The van der Waals surface area contributed by atoms with Crippen molar-refractivity contribution < 1.29 is 18.7 Å². The van der Waals surface area contributed by atoms with Gasteiger partial charge in [0, 0.05) is 0 Å². The van der Waals surface area contributed by atoms with Crippen LogP contribution in [0.2, 0.25) is 5.22 Å². The zero-order valence-corrected chi connectivity index (χ0v) is 12.4. The molecule has 0 saturated heterocycles. The molecule has 2 amide bonds. The third-order valence-corrected chi connectivity index (χ3v) is 3.48. The highest BCUT2D eigenvalue weighted by Gasteiger charge is 2.19. The number of hydrogen-bond donors (Lipinski definition) is 2. The first kappa shape index (κ1) is 14.5. The molecule has 6 nitrogen and oxygen atoms in total. The van der Waals surface area contributed by atoms with E-state index >= 15 is 0 Å². The largest absolute Gasteiger partial charge is 0.482 e. The van der Waals surface area contributed by atoms with Crippen LogP contribution in [-0.2, 0) is 4.79 Å². The molecule has 0 unspecified atom stereocenters. The van der Waals surface area contributed by atoms with Crippen LogP contribution in [0.3, 0.4) is 0 Å². The Labute approximate surface area is 131 Å².